The molecule has 1 N–H and O–H groups in total. The number of aryl methyl sites for hydroxylation is 1. The zero-order valence-corrected chi connectivity index (χ0v) is 14.9. The van der Waals surface area contributed by atoms with Crippen LogP contribution >= 0.6 is 0 Å². The first-order chi connectivity index (χ1) is 13.1. The van der Waals surface area contributed by atoms with Crippen LogP contribution in [0.5, 0.6) is 0 Å². The smallest absolute Gasteiger partial charge is 0.254 e. The summed E-state index contributed by atoms with van der Waals surface area (Å²) in [5.41, 5.74) is 3.78. The number of imide groups is 1. The Morgan fingerprint density at radius 2 is 1.78 bits per heavy atom. The maximum absolute atomic E-state index is 12.4. The quantitative estimate of drug-likeness (QED) is 0.834. The van der Waals surface area contributed by atoms with E-state index in [1.54, 1.807) is 6.07 Å². The van der Waals surface area contributed by atoms with Gasteiger partial charge in [0, 0.05) is 24.3 Å². The molecule has 5 heteroatoms. The number of hydrogen-bond donors (Lipinski definition) is 1. The van der Waals surface area contributed by atoms with Gasteiger partial charge in [-0.3, -0.25) is 19.3 Å². The molecule has 0 saturated heterocycles. The minimum absolute atomic E-state index is 0.104. The highest BCUT2D eigenvalue weighted by molar-refractivity contribution is 6.13. The van der Waals surface area contributed by atoms with E-state index in [0.29, 0.717) is 18.5 Å². The summed E-state index contributed by atoms with van der Waals surface area (Å²) < 4.78 is 0. The van der Waals surface area contributed by atoms with Gasteiger partial charge < -0.3 is 5.32 Å². The van der Waals surface area contributed by atoms with Crippen LogP contribution in [-0.2, 0) is 22.4 Å². The van der Waals surface area contributed by atoms with Gasteiger partial charge in [0.2, 0.25) is 0 Å². The van der Waals surface area contributed by atoms with Crippen LogP contribution in [0.25, 0.3) is 0 Å². The number of nitrogens with zero attached hydrogens (tertiary/aromatic N) is 1. The molecule has 5 nitrogen and oxygen atoms in total. The van der Waals surface area contributed by atoms with Crippen LogP contribution in [0.15, 0.2) is 60.7 Å². The van der Waals surface area contributed by atoms with Gasteiger partial charge in [0.15, 0.2) is 0 Å². The van der Waals surface area contributed by atoms with Gasteiger partial charge in [0.25, 0.3) is 17.7 Å². The lowest BCUT2D eigenvalue weighted by atomic mass is 10.0. The largest absolute Gasteiger partial charge is 0.352 e. The van der Waals surface area contributed by atoms with E-state index in [0.717, 1.165) is 24.0 Å². The van der Waals surface area contributed by atoms with E-state index in [1.807, 2.05) is 42.5 Å². The van der Waals surface area contributed by atoms with Crippen molar-refractivity contribution in [2.45, 2.75) is 25.3 Å². The van der Waals surface area contributed by atoms with Crippen molar-refractivity contribution in [2.24, 2.45) is 0 Å². The molecule has 0 unspecified atom stereocenters. The highest BCUT2D eigenvalue weighted by Crippen LogP contribution is 2.37. The first-order valence-corrected chi connectivity index (χ1v) is 9.13. The normalized spacial score (nSPS) is 18.1. The van der Waals surface area contributed by atoms with Crippen molar-refractivity contribution in [3.63, 3.8) is 0 Å². The molecule has 1 aliphatic carbocycles. The first kappa shape index (κ1) is 17.2. The van der Waals surface area contributed by atoms with Crippen molar-refractivity contribution in [3.05, 3.63) is 82.9 Å². The molecular formula is C22H20N2O3. The highest BCUT2D eigenvalue weighted by atomic mass is 16.2. The van der Waals surface area contributed by atoms with Crippen molar-refractivity contribution < 1.29 is 14.4 Å². The van der Waals surface area contributed by atoms with E-state index < -0.39 is 0 Å². The van der Waals surface area contributed by atoms with Crippen LogP contribution in [0.2, 0.25) is 0 Å². The van der Waals surface area contributed by atoms with Crippen LogP contribution in [0.4, 0.5) is 0 Å². The SMILES string of the molecule is O=C(NCCc1ccccc1)c1ccc2c(c1)CC[C@@H]2N1C(=O)C=CC1=O. The number of amides is 3. The monoisotopic (exact) mass is 360 g/mol. The predicted octanol–water partition coefficient (Wildman–Crippen LogP) is 2.57. The Morgan fingerprint density at radius 1 is 1.04 bits per heavy atom. The molecule has 1 aliphatic heterocycles. The molecule has 4 rings (SSSR count). The van der Waals surface area contributed by atoms with Gasteiger partial charge in [-0.15, -0.1) is 0 Å². The number of carbonyl (C=O) groups is 3. The summed E-state index contributed by atoms with van der Waals surface area (Å²) in [6.07, 6.45) is 4.87. The molecule has 0 radical (unpaired) electrons. The summed E-state index contributed by atoms with van der Waals surface area (Å²) >= 11 is 0. The fraction of sp³-hybridized carbons (Fsp3) is 0.227. The van der Waals surface area contributed by atoms with Crippen LogP contribution in [-0.4, -0.2) is 29.2 Å². The number of benzene rings is 2. The Kier molecular flexibility index (Phi) is 4.59. The molecule has 2 aliphatic rings. The van der Waals surface area contributed by atoms with E-state index in [2.05, 4.69) is 5.32 Å². The Morgan fingerprint density at radius 3 is 2.52 bits per heavy atom. The minimum Gasteiger partial charge on any atom is -0.352 e. The van der Waals surface area contributed by atoms with Crippen molar-refractivity contribution in [1.29, 1.82) is 0 Å². The second kappa shape index (κ2) is 7.19. The Balaban J connectivity index is 1.42. The summed E-state index contributed by atoms with van der Waals surface area (Å²) in [5, 5.41) is 2.95. The standard InChI is InChI=1S/C22H20N2O3/c25-20-10-11-21(26)24(20)19-9-7-16-14-17(6-8-18(16)19)22(27)23-13-12-15-4-2-1-3-5-15/h1-6,8,10-11,14,19H,7,9,12-13H2,(H,23,27)/t19-/m0/s1. The molecule has 3 amide bonds. The highest BCUT2D eigenvalue weighted by Gasteiger charge is 2.36. The van der Waals surface area contributed by atoms with Crippen LogP contribution in [0.3, 0.4) is 0 Å². The third kappa shape index (κ3) is 3.40. The lowest BCUT2D eigenvalue weighted by Gasteiger charge is -2.22. The molecule has 0 aromatic heterocycles. The second-order valence-corrected chi connectivity index (χ2v) is 6.84. The van der Waals surface area contributed by atoms with Gasteiger partial charge in [-0.05, 0) is 48.1 Å². The van der Waals surface area contributed by atoms with Gasteiger partial charge in [0.05, 0.1) is 6.04 Å². The molecule has 1 heterocycles. The number of nitrogens with one attached hydrogen (secondary N) is 1. The number of hydrogen-bond acceptors (Lipinski definition) is 3. The molecule has 0 spiro atoms. The fourth-order valence-electron chi connectivity index (χ4n) is 3.79. The molecule has 136 valence electrons. The van der Waals surface area contributed by atoms with E-state index in [1.165, 1.54) is 22.6 Å². The Labute approximate surface area is 157 Å². The van der Waals surface area contributed by atoms with Crippen molar-refractivity contribution in [1.82, 2.24) is 10.2 Å². The van der Waals surface area contributed by atoms with E-state index in [4.69, 9.17) is 0 Å². The number of rotatable bonds is 5. The molecule has 0 fully saturated rings. The summed E-state index contributed by atoms with van der Waals surface area (Å²) in [4.78, 5) is 37.6. The second-order valence-electron chi connectivity index (χ2n) is 6.84. The summed E-state index contributed by atoms with van der Waals surface area (Å²) in [5.74, 6) is -0.631. The van der Waals surface area contributed by atoms with E-state index in [-0.39, 0.29) is 23.8 Å². The van der Waals surface area contributed by atoms with Crippen molar-refractivity contribution >= 4 is 17.7 Å². The molecule has 0 saturated carbocycles. The fourth-order valence-corrected chi connectivity index (χ4v) is 3.79. The lowest BCUT2D eigenvalue weighted by Crippen LogP contribution is -2.33. The lowest BCUT2D eigenvalue weighted by molar-refractivity contribution is -0.139. The molecule has 1 atom stereocenters. The summed E-state index contributed by atoms with van der Waals surface area (Å²) in [6.45, 7) is 0.574. The summed E-state index contributed by atoms with van der Waals surface area (Å²) in [6, 6.07) is 15.3. The first-order valence-electron chi connectivity index (χ1n) is 9.13. The van der Waals surface area contributed by atoms with Crippen molar-refractivity contribution in [3.8, 4) is 0 Å². The van der Waals surface area contributed by atoms with E-state index >= 15 is 0 Å². The van der Waals surface area contributed by atoms with Gasteiger partial charge in [-0.2, -0.15) is 0 Å². The third-order valence-corrected chi connectivity index (χ3v) is 5.15. The summed E-state index contributed by atoms with van der Waals surface area (Å²) in [7, 11) is 0. The molecular weight excluding hydrogens is 340 g/mol. The Hall–Kier alpha value is -3.21. The van der Waals surface area contributed by atoms with Crippen LogP contribution in [0, 0.1) is 0 Å². The zero-order chi connectivity index (χ0) is 18.8. The maximum Gasteiger partial charge on any atom is 0.254 e. The van der Waals surface area contributed by atoms with Crippen LogP contribution in [0.1, 0.15) is 39.5 Å². The maximum atomic E-state index is 12.4. The van der Waals surface area contributed by atoms with Gasteiger partial charge in [-0.25, -0.2) is 0 Å². The molecule has 2 aromatic carbocycles. The average molecular weight is 360 g/mol. The average Bonchev–Trinajstić information content (AvgIpc) is 3.24. The molecule has 2 aromatic rings. The third-order valence-electron chi connectivity index (χ3n) is 5.15. The predicted molar refractivity (Wildman–Crippen MR) is 101 cm³/mol. The van der Waals surface area contributed by atoms with Crippen LogP contribution < -0.4 is 5.32 Å². The minimum atomic E-state index is -0.263. The van der Waals surface area contributed by atoms with Gasteiger partial charge in [-0.1, -0.05) is 36.4 Å². The Bertz CT molecular complexity index is 916. The molecule has 0 bridgehead atoms. The van der Waals surface area contributed by atoms with Gasteiger partial charge >= 0.3 is 0 Å². The molecule has 27 heavy (non-hydrogen) atoms. The number of carbonyl (C=O) groups excluding carboxylic acids is 3. The van der Waals surface area contributed by atoms with E-state index in [9.17, 15) is 14.4 Å². The van der Waals surface area contributed by atoms with Crippen molar-refractivity contribution in [2.75, 3.05) is 6.54 Å². The zero-order valence-electron chi connectivity index (χ0n) is 14.9. The van der Waals surface area contributed by atoms with Gasteiger partial charge in [0.1, 0.15) is 0 Å². The number of fused-ring (bicyclic) bond motifs is 1. The topological polar surface area (TPSA) is 66.5 Å².